The molecule has 2 amide bonds. The Bertz CT molecular complexity index is 1540. The number of amides is 2. The minimum atomic E-state index is -1.12. The Morgan fingerprint density at radius 1 is 0.972 bits per heavy atom. The van der Waals surface area contributed by atoms with Gasteiger partial charge < -0.3 is 20.3 Å². The summed E-state index contributed by atoms with van der Waals surface area (Å²) in [5.74, 6) is -2.01. The number of carbonyl (C=O) groups excluding carboxylic acids is 2. The quantitative estimate of drug-likeness (QED) is 0.259. The Hall–Kier alpha value is -5.16. The number of aromatic nitrogens is 1. The molecule has 1 heterocycles. The Morgan fingerprint density at radius 2 is 1.72 bits per heavy atom. The fraction of sp³-hybridized carbons (Fsp3) is 0.0714. The summed E-state index contributed by atoms with van der Waals surface area (Å²) in [6.07, 6.45) is 3.17. The van der Waals surface area contributed by atoms with Gasteiger partial charge in [0, 0.05) is 34.0 Å². The molecule has 0 spiro atoms. The first-order valence-corrected chi connectivity index (χ1v) is 11.0. The highest BCUT2D eigenvalue weighted by Crippen LogP contribution is 2.24. The van der Waals surface area contributed by atoms with Crippen molar-refractivity contribution in [1.82, 2.24) is 4.57 Å². The van der Waals surface area contributed by atoms with Crippen LogP contribution in [0, 0.1) is 18.3 Å². The van der Waals surface area contributed by atoms with Crippen LogP contribution in [0.25, 0.3) is 17.0 Å². The summed E-state index contributed by atoms with van der Waals surface area (Å²) in [7, 11) is 0. The molecule has 0 aliphatic rings. The van der Waals surface area contributed by atoms with E-state index in [-0.39, 0.29) is 29.3 Å². The lowest BCUT2D eigenvalue weighted by molar-refractivity contribution is -0.116. The van der Waals surface area contributed by atoms with E-state index in [1.165, 1.54) is 30.3 Å². The molecular formula is C28H22N4O4. The standard InChI is InChI=1S/C28H22N4O4/c1-18-9-11-22(12-10-18)30-26(33)17-32-16-21(24-7-2-3-8-25(24)32)13-20(15-29)27(34)31-23-6-4-5-19(14-23)28(35)36/h2-14,16H,17H2,1H3,(H,30,33)(H,31,34)(H,35,36)/b20-13-. The summed E-state index contributed by atoms with van der Waals surface area (Å²) in [6, 6.07) is 22.5. The highest BCUT2D eigenvalue weighted by molar-refractivity contribution is 6.11. The average molecular weight is 479 g/mol. The van der Waals surface area contributed by atoms with Crippen molar-refractivity contribution in [3.8, 4) is 6.07 Å². The molecule has 0 fully saturated rings. The van der Waals surface area contributed by atoms with Crippen LogP contribution in [0.4, 0.5) is 11.4 Å². The lowest BCUT2D eigenvalue weighted by Gasteiger charge is -2.07. The number of aryl methyl sites for hydroxylation is 1. The van der Waals surface area contributed by atoms with Gasteiger partial charge in [0.25, 0.3) is 5.91 Å². The molecule has 4 rings (SSSR count). The minimum Gasteiger partial charge on any atom is -0.478 e. The fourth-order valence-electron chi connectivity index (χ4n) is 3.75. The first kappa shape index (κ1) is 24.0. The molecule has 0 radical (unpaired) electrons. The predicted molar refractivity (Wildman–Crippen MR) is 137 cm³/mol. The first-order valence-electron chi connectivity index (χ1n) is 11.0. The van der Waals surface area contributed by atoms with E-state index in [2.05, 4.69) is 10.6 Å². The summed E-state index contributed by atoms with van der Waals surface area (Å²) < 4.78 is 1.76. The molecular weight excluding hydrogens is 456 g/mol. The van der Waals surface area contributed by atoms with E-state index in [0.29, 0.717) is 11.3 Å². The lowest BCUT2D eigenvalue weighted by atomic mass is 10.1. The molecule has 178 valence electrons. The third-order valence-corrected chi connectivity index (χ3v) is 5.50. The van der Waals surface area contributed by atoms with Crippen LogP contribution in [0.1, 0.15) is 21.5 Å². The fourth-order valence-corrected chi connectivity index (χ4v) is 3.75. The number of aromatic carboxylic acids is 1. The zero-order chi connectivity index (χ0) is 25.7. The molecule has 0 unspecified atom stereocenters. The third-order valence-electron chi connectivity index (χ3n) is 5.50. The summed E-state index contributed by atoms with van der Waals surface area (Å²) in [5, 5.41) is 25.0. The number of benzene rings is 3. The minimum absolute atomic E-state index is 0.0160. The van der Waals surface area contributed by atoms with Crippen molar-refractivity contribution in [1.29, 1.82) is 5.26 Å². The van der Waals surface area contributed by atoms with Gasteiger partial charge >= 0.3 is 5.97 Å². The van der Waals surface area contributed by atoms with Crippen molar-refractivity contribution in [2.45, 2.75) is 13.5 Å². The van der Waals surface area contributed by atoms with E-state index < -0.39 is 11.9 Å². The normalized spacial score (nSPS) is 11.1. The van der Waals surface area contributed by atoms with Gasteiger partial charge in [-0.3, -0.25) is 9.59 Å². The van der Waals surface area contributed by atoms with E-state index in [1.54, 1.807) is 10.8 Å². The number of nitriles is 1. The Morgan fingerprint density at radius 3 is 2.44 bits per heavy atom. The molecule has 0 bridgehead atoms. The predicted octanol–water partition coefficient (Wildman–Crippen LogP) is 4.83. The van der Waals surface area contributed by atoms with Crippen molar-refractivity contribution in [3.63, 3.8) is 0 Å². The molecule has 3 aromatic carbocycles. The molecule has 1 aromatic heterocycles. The Kier molecular flexibility index (Phi) is 6.93. The van der Waals surface area contributed by atoms with E-state index >= 15 is 0 Å². The second kappa shape index (κ2) is 10.4. The molecule has 8 nitrogen and oxygen atoms in total. The Balaban J connectivity index is 1.59. The molecule has 4 aromatic rings. The number of carbonyl (C=O) groups is 3. The number of para-hydroxylation sites is 1. The number of hydrogen-bond acceptors (Lipinski definition) is 4. The van der Waals surface area contributed by atoms with Gasteiger partial charge in [0.1, 0.15) is 18.2 Å². The SMILES string of the molecule is Cc1ccc(NC(=O)Cn2cc(/C=C(/C#N)C(=O)Nc3cccc(C(=O)O)c3)c3ccccc32)cc1. The van der Waals surface area contributed by atoms with Crippen LogP contribution in [0.3, 0.4) is 0 Å². The monoisotopic (exact) mass is 478 g/mol. The summed E-state index contributed by atoms with van der Waals surface area (Å²) in [6.45, 7) is 2.01. The maximum Gasteiger partial charge on any atom is 0.335 e. The third kappa shape index (κ3) is 5.48. The second-order valence-electron chi connectivity index (χ2n) is 8.15. The number of rotatable bonds is 7. The van der Waals surface area contributed by atoms with Gasteiger partial charge in [0.2, 0.25) is 5.91 Å². The van der Waals surface area contributed by atoms with Gasteiger partial charge in [0.05, 0.1) is 5.56 Å². The van der Waals surface area contributed by atoms with Crippen LogP contribution >= 0.6 is 0 Å². The van der Waals surface area contributed by atoms with Crippen molar-refractivity contribution in [2.24, 2.45) is 0 Å². The topological polar surface area (TPSA) is 124 Å². The van der Waals surface area contributed by atoms with Crippen LogP contribution < -0.4 is 10.6 Å². The van der Waals surface area contributed by atoms with Crippen LogP contribution in [0.2, 0.25) is 0 Å². The van der Waals surface area contributed by atoms with Crippen molar-refractivity contribution in [3.05, 3.63) is 101 Å². The van der Waals surface area contributed by atoms with Gasteiger partial charge in [-0.2, -0.15) is 5.26 Å². The van der Waals surface area contributed by atoms with Gasteiger partial charge in [-0.1, -0.05) is 42.0 Å². The zero-order valence-electron chi connectivity index (χ0n) is 19.4. The van der Waals surface area contributed by atoms with Crippen LogP contribution in [0.5, 0.6) is 0 Å². The highest BCUT2D eigenvalue weighted by atomic mass is 16.4. The number of hydrogen-bond donors (Lipinski definition) is 3. The summed E-state index contributed by atoms with van der Waals surface area (Å²) >= 11 is 0. The van der Waals surface area contributed by atoms with Gasteiger partial charge in [-0.25, -0.2) is 4.79 Å². The molecule has 36 heavy (non-hydrogen) atoms. The van der Waals surface area contributed by atoms with E-state index in [0.717, 1.165) is 16.5 Å². The highest BCUT2D eigenvalue weighted by Gasteiger charge is 2.15. The van der Waals surface area contributed by atoms with Crippen LogP contribution in [-0.4, -0.2) is 27.5 Å². The maximum absolute atomic E-state index is 12.8. The zero-order valence-corrected chi connectivity index (χ0v) is 19.4. The summed E-state index contributed by atoms with van der Waals surface area (Å²) in [4.78, 5) is 36.6. The molecule has 8 heteroatoms. The second-order valence-corrected chi connectivity index (χ2v) is 8.15. The first-order chi connectivity index (χ1) is 17.3. The van der Waals surface area contributed by atoms with E-state index in [4.69, 9.17) is 5.11 Å². The van der Waals surface area contributed by atoms with Crippen molar-refractivity contribution >= 4 is 46.1 Å². The van der Waals surface area contributed by atoms with E-state index in [9.17, 15) is 19.6 Å². The number of nitrogens with zero attached hydrogens (tertiary/aromatic N) is 2. The van der Waals surface area contributed by atoms with Crippen LogP contribution in [0.15, 0.2) is 84.6 Å². The molecule has 0 saturated heterocycles. The molecule has 3 N–H and O–H groups in total. The molecule has 0 aliphatic heterocycles. The number of carboxylic acid groups (broad SMARTS) is 1. The number of carboxylic acids is 1. The molecule has 0 atom stereocenters. The van der Waals surface area contributed by atoms with Crippen molar-refractivity contribution < 1.29 is 19.5 Å². The largest absolute Gasteiger partial charge is 0.478 e. The van der Waals surface area contributed by atoms with Gasteiger partial charge in [-0.05, 0) is 49.4 Å². The van der Waals surface area contributed by atoms with Gasteiger partial charge in [0.15, 0.2) is 0 Å². The lowest BCUT2D eigenvalue weighted by Crippen LogP contribution is -2.18. The number of nitrogens with one attached hydrogen (secondary N) is 2. The van der Waals surface area contributed by atoms with Crippen molar-refractivity contribution in [2.75, 3.05) is 10.6 Å². The average Bonchev–Trinajstić information content (AvgIpc) is 3.21. The summed E-state index contributed by atoms with van der Waals surface area (Å²) in [5.41, 5.74) is 3.26. The molecule has 0 saturated carbocycles. The maximum atomic E-state index is 12.8. The van der Waals surface area contributed by atoms with Crippen LogP contribution in [-0.2, 0) is 16.1 Å². The Labute approximate surface area is 207 Å². The molecule has 0 aliphatic carbocycles. The van der Waals surface area contributed by atoms with E-state index in [1.807, 2.05) is 61.5 Å². The number of fused-ring (bicyclic) bond motifs is 1. The van der Waals surface area contributed by atoms with Gasteiger partial charge in [-0.15, -0.1) is 0 Å². The number of anilines is 2. The smallest absolute Gasteiger partial charge is 0.335 e.